The number of aliphatic hydroxyl groups excluding tert-OH is 2. The van der Waals surface area contributed by atoms with Crippen LogP contribution in [0.2, 0.25) is 0 Å². The highest BCUT2D eigenvalue weighted by Gasteiger charge is 2.29. The third-order valence-electron chi connectivity index (χ3n) is 2.29. The van der Waals surface area contributed by atoms with Crippen molar-refractivity contribution in [2.45, 2.75) is 18.3 Å². The van der Waals surface area contributed by atoms with E-state index in [1.54, 1.807) is 18.2 Å². The Kier molecular flexibility index (Phi) is 11.5. The van der Waals surface area contributed by atoms with Gasteiger partial charge in [-0.2, -0.15) is 0 Å². The molecule has 0 radical (unpaired) electrons. The zero-order chi connectivity index (χ0) is 14.5. The Morgan fingerprint density at radius 3 is 2.05 bits per heavy atom. The highest BCUT2D eigenvalue weighted by Crippen LogP contribution is 2.11. The maximum Gasteiger partial charge on any atom is 0.114 e. The van der Waals surface area contributed by atoms with Gasteiger partial charge < -0.3 is 24.4 Å². The zero-order valence-corrected chi connectivity index (χ0v) is 11.2. The van der Waals surface area contributed by atoms with Gasteiger partial charge in [0.2, 0.25) is 0 Å². The van der Waals surface area contributed by atoms with Gasteiger partial charge in [-0.25, -0.2) is 0 Å². The summed E-state index contributed by atoms with van der Waals surface area (Å²) in [5.74, 6) is 0. The van der Waals surface area contributed by atoms with Crippen LogP contribution in [-0.2, 0) is 14.2 Å². The molecular weight excluding hydrogens is 248 g/mol. The normalized spacial score (nSPS) is 15.5. The fourth-order valence-corrected chi connectivity index (χ4v) is 1.45. The molecule has 0 aromatic heterocycles. The van der Waals surface area contributed by atoms with Crippen molar-refractivity contribution in [3.8, 4) is 0 Å². The fraction of sp³-hybridized carbons (Fsp3) is 0.571. The van der Waals surface area contributed by atoms with Crippen molar-refractivity contribution in [2.24, 2.45) is 0 Å². The lowest BCUT2D eigenvalue weighted by Gasteiger charge is -2.29. The quantitative estimate of drug-likeness (QED) is 0.381. The van der Waals surface area contributed by atoms with Gasteiger partial charge in [0.05, 0.1) is 33.0 Å². The molecule has 0 fully saturated rings. The molecule has 0 saturated carbocycles. The molecule has 0 aliphatic rings. The number of hydrogen-bond acceptors (Lipinski definition) is 5. The SMILES string of the molecule is C=CCOC[C@H](OCC=C)[C@@H](OCC=C)[C@H](O)CO. The monoisotopic (exact) mass is 272 g/mol. The van der Waals surface area contributed by atoms with E-state index in [9.17, 15) is 5.11 Å². The topological polar surface area (TPSA) is 68.2 Å². The Hall–Kier alpha value is -0.980. The molecule has 5 heteroatoms. The lowest BCUT2D eigenvalue weighted by atomic mass is 10.1. The van der Waals surface area contributed by atoms with E-state index in [1.165, 1.54) is 0 Å². The largest absolute Gasteiger partial charge is 0.394 e. The van der Waals surface area contributed by atoms with Gasteiger partial charge in [-0.1, -0.05) is 18.2 Å². The molecule has 5 nitrogen and oxygen atoms in total. The minimum atomic E-state index is -1.05. The molecule has 19 heavy (non-hydrogen) atoms. The highest BCUT2D eigenvalue weighted by molar-refractivity contribution is 4.82. The molecule has 0 saturated heterocycles. The van der Waals surface area contributed by atoms with Crippen molar-refractivity contribution >= 4 is 0 Å². The van der Waals surface area contributed by atoms with E-state index in [1.807, 2.05) is 0 Å². The molecule has 0 aliphatic heterocycles. The van der Waals surface area contributed by atoms with Crippen LogP contribution >= 0.6 is 0 Å². The molecule has 0 aliphatic carbocycles. The third kappa shape index (κ3) is 7.92. The highest BCUT2D eigenvalue weighted by atomic mass is 16.6. The van der Waals surface area contributed by atoms with Gasteiger partial charge in [0.15, 0.2) is 0 Å². The summed E-state index contributed by atoms with van der Waals surface area (Å²) in [5.41, 5.74) is 0. The van der Waals surface area contributed by atoms with Gasteiger partial charge in [-0.3, -0.25) is 0 Å². The zero-order valence-electron chi connectivity index (χ0n) is 11.2. The molecule has 2 N–H and O–H groups in total. The lowest BCUT2D eigenvalue weighted by Crippen LogP contribution is -2.45. The predicted molar refractivity (Wildman–Crippen MR) is 74.0 cm³/mol. The first-order valence-corrected chi connectivity index (χ1v) is 6.13. The first-order chi connectivity index (χ1) is 9.21. The van der Waals surface area contributed by atoms with Gasteiger partial charge in [-0.15, -0.1) is 19.7 Å². The van der Waals surface area contributed by atoms with Crippen LogP contribution in [0.5, 0.6) is 0 Å². The summed E-state index contributed by atoms with van der Waals surface area (Å²) in [7, 11) is 0. The van der Waals surface area contributed by atoms with E-state index < -0.39 is 24.9 Å². The Balaban J connectivity index is 4.60. The van der Waals surface area contributed by atoms with Crippen molar-refractivity contribution in [1.82, 2.24) is 0 Å². The number of hydrogen-bond donors (Lipinski definition) is 2. The molecule has 3 atom stereocenters. The van der Waals surface area contributed by atoms with Gasteiger partial charge in [0, 0.05) is 0 Å². The molecular formula is C14H24O5. The molecule has 0 spiro atoms. The van der Waals surface area contributed by atoms with E-state index >= 15 is 0 Å². The second kappa shape index (κ2) is 12.1. The average molecular weight is 272 g/mol. The summed E-state index contributed by atoms with van der Waals surface area (Å²) in [5, 5.41) is 18.8. The smallest absolute Gasteiger partial charge is 0.114 e. The molecule has 110 valence electrons. The molecule has 0 unspecified atom stereocenters. The summed E-state index contributed by atoms with van der Waals surface area (Å²) >= 11 is 0. The van der Waals surface area contributed by atoms with Crippen LogP contribution < -0.4 is 0 Å². The number of ether oxygens (including phenoxy) is 3. The Bertz CT molecular complexity index is 254. The molecule has 0 rings (SSSR count). The Labute approximate surface area is 114 Å². The third-order valence-corrected chi connectivity index (χ3v) is 2.29. The van der Waals surface area contributed by atoms with Crippen molar-refractivity contribution < 1.29 is 24.4 Å². The molecule has 0 aromatic carbocycles. The number of aliphatic hydroxyl groups is 2. The van der Waals surface area contributed by atoms with Gasteiger partial charge >= 0.3 is 0 Å². The predicted octanol–water partition coefficient (Wildman–Crippen LogP) is 0.685. The van der Waals surface area contributed by atoms with E-state index in [2.05, 4.69) is 19.7 Å². The van der Waals surface area contributed by atoms with Crippen molar-refractivity contribution in [2.75, 3.05) is 33.0 Å². The van der Waals surface area contributed by atoms with Gasteiger partial charge in [0.25, 0.3) is 0 Å². The van der Waals surface area contributed by atoms with Gasteiger partial charge in [0.1, 0.15) is 18.3 Å². The van der Waals surface area contributed by atoms with Crippen LogP contribution in [-0.4, -0.2) is 61.6 Å². The Morgan fingerprint density at radius 2 is 1.53 bits per heavy atom. The van der Waals surface area contributed by atoms with Crippen molar-refractivity contribution in [1.29, 1.82) is 0 Å². The van der Waals surface area contributed by atoms with Crippen LogP contribution in [0.4, 0.5) is 0 Å². The standard InChI is InChI=1S/C14H24O5/c1-4-7-17-11-13(18-8-5-2)14(12(16)10-15)19-9-6-3/h4-6,12-16H,1-3,7-11H2/t12-,13+,14+/m1/s1. The molecule has 0 bridgehead atoms. The minimum Gasteiger partial charge on any atom is -0.394 e. The van der Waals surface area contributed by atoms with Crippen LogP contribution in [0, 0.1) is 0 Å². The summed E-state index contributed by atoms with van der Waals surface area (Å²) < 4.78 is 16.3. The van der Waals surface area contributed by atoms with Crippen molar-refractivity contribution in [3.63, 3.8) is 0 Å². The van der Waals surface area contributed by atoms with Crippen LogP contribution in [0.3, 0.4) is 0 Å². The average Bonchev–Trinajstić information content (AvgIpc) is 2.43. The second-order valence-corrected chi connectivity index (χ2v) is 3.82. The number of rotatable bonds is 13. The fourth-order valence-electron chi connectivity index (χ4n) is 1.45. The summed E-state index contributed by atoms with van der Waals surface area (Å²) in [6, 6.07) is 0. The van der Waals surface area contributed by atoms with E-state index in [4.69, 9.17) is 19.3 Å². The van der Waals surface area contributed by atoms with E-state index in [0.29, 0.717) is 13.2 Å². The van der Waals surface area contributed by atoms with E-state index in [0.717, 1.165) is 0 Å². The summed E-state index contributed by atoms with van der Waals surface area (Å²) in [6.07, 6.45) is 2.50. The molecule has 0 amide bonds. The summed E-state index contributed by atoms with van der Waals surface area (Å²) in [4.78, 5) is 0. The summed E-state index contributed by atoms with van der Waals surface area (Å²) in [6.45, 7) is 11.4. The molecule has 0 aromatic rings. The maximum atomic E-state index is 9.78. The molecule has 0 heterocycles. The van der Waals surface area contributed by atoms with E-state index in [-0.39, 0.29) is 13.2 Å². The van der Waals surface area contributed by atoms with Crippen molar-refractivity contribution in [3.05, 3.63) is 38.0 Å². The second-order valence-electron chi connectivity index (χ2n) is 3.82. The van der Waals surface area contributed by atoms with Crippen LogP contribution in [0.1, 0.15) is 0 Å². The maximum absolute atomic E-state index is 9.78. The first kappa shape index (κ1) is 18.0. The van der Waals surface area contributed by atoms with Crippen LogP contribution in [0.25, 0.3) is 0 Å². The Morgan fingerprint density at radius 1 is 0.947 bits per heavy atom. The first-order valence-electron chi connectivity index (χ1n) is 6.13. The van der Waals surface area contributed by atoms with Gasteiger partial charge in [-0.05, 0) is 0 Å². The lowest BCUT2D eigenvalue weighted by molar-refractivity contribution is -0.139. The minimum absolute atomic E-state index is 0.221. The van der Waals surface area contributed by atoms with Crippen LogP contribution in [0.15, 0.2) is 38.0 Å².